The number of rotatable bonds is 3. The molecule has 1 aromatic heterocycles. The van der Waals surface area contributed by atoms with Gasteiger partial charge in [0.25, 0.3) is 11.5 Å². The molecule has 2 amide bonds. The van der Waals surface area contributed by atoms with Crippen LogP contribution in [0.4, 0.5) is 10.3 Å². The third-order valence-electron chi connectivity index (χ3n) is 3.54. The highest BCUT2D eigenvalue weighted by Gasteiger charge is 2.24. The van der Waals surface area contributed by atoms with Crippen LogP contribution in [0.15, 0.2) is 29.1 Å². The Kier molecular flexibility index (Phi) is 3.98. The number of nitrogens with one attached hydrogen (secondary N) is 2. The van der Waals surface area contributed by atoms with Gasteiger partial charge < -0.3 is 10.4 Å². The van der Waals surface area contributed by atoms with E-state index >= 15 is 0 Å². The predicted octanol–water partition coefficient (Wildman–Crippen LogP) is 0.360. The molecule has 0 atom stereocenters. The van der Waals surface area contributed by atoms with Crippen LogP contribution in [0.3, 0.4) is 0 Å². The first-order valence-electron chi connectivity index (χ1n) is 7.12. The second-order valence-corrected chi connectivity index (χ2v) is 5.20. The van der Waals surface area contributed by atoms with Gasteiger partial charge in [0.2, 0.25) is 17.6 Å². The maximum Gasteiger partial charge on any atom is 0.297 e. The van der Waals surface area contributed by atoms with Gasteiger partial charge in [-0.3, -0.25) is 24.3 Å². The number of hydrogen-bond donors (Lipinski definition) is 3. The molecule has 124 valence electrons. The van der Waals surface area contributed by atoms with Crippen molar-refractivity contribution in [3.63, 3.8) is 0 Å². The van der Waals surface area contributed by atoms with Crippen molar-refractivity contribution in [1.82, 2.24) is 14.9 Å². The molecule has 0 unspecified atom stereocenters. The summed E-state index contributed by atoms with van der Waals surface area (Å²) in [5.41, 5.74) is -0.644. The molecule has 8 nitrogen and oxygen atoms in total. The van der Waals surface area contributed by atoms with Crippen LogP contribution in [0, 0.1) is 5.82 Å². The topological polar surface area (TPSA) is 113 Å². The SMILES string of the molecule is O=C1CCn2c(nc(C(=O)NCc3ccc(F)cc3)c(O)c2=O)N1. The van der Waals surface area contributed by atoms with Crippen molar-refractivity contribution in [3.05, 3.63) is 51.7 Å². The standard InChI is InChI=1S/C15H13FN4O4/c16-9-3-1-8(2-4-9)7-17-13(23)11-12(22)14(24)20-6-5-10(21)18-15(20)19-11/h1-4,22H,5-7H2,(H,17,23)(H,18,19,21). The molecule has 2 aromatic rings. The highest BCUT2D eigenvalue weighted by molar-refractivity contribution is 5.96. The monoisotopic (exact) mass is 332 g/mol. The zero-order valence-corrected chi connectivity index (χ0v) is 12.4. The first kappa shape index (κ1) is 15.7. The highest BCUT2D eigenvalue weighted by atomic mass is 19.1. The summed E-state index contributed by atoms with van der Waals surface area (Å²) in [7, 11) is 0. The Bertz CT molecular complexity index is 876. The van der Waals surface area contributed by atoms with Crippen molar-refractivity contribution in [2.75, 3.05) is 5.32 Å². The molecule has 3 rings (SSSR count). The van der Waals surface area contributed by atoms with Crippen LogP contribution in [0.25, 0.3) is 0 Å². The van der Waals surface area contributed by atoms with Crippen LogP contribution in [-0.2, 0) is 17.9 Å². The van der Waals surface area contributed by atoms with E-state index in [1.54, 1.807) is 0 Å². The Labute approximate surface area is 135 Å². The first-order valence-corrected chi connectivity index (χ1v) is 7.12. The van der Waals surface area contributed by atoms with Crippen LogP contribution >= 0.6 is 0 Å². The van der Waals surface area contributed by atoms with Gasteiger partial charge in [0, 0.05) is 19.5 Å². The van der Waals surface area contributed by atoms with Gasteiger partial charge in [-0.2, -0.15) is 0 Å². The molecular formula is C15H13FN4O4. The minimum absolute atomic E-state index is 0.0605. The molecule has 0 saturated heterocycles. The van der Waals surface area contributed by atoms with Gasteiger partial charge in [0.05, 0.1) is 0 Å². The molecule has 0 aliphatic carbocycles. The lowest BCUT2D eigenvalue weighted by Gasteiger charge is -2.18. The van der Waals surface area contributed by atoms with E-state index in [-0.39, 0.29) is 31.4 Å². The number of aromatic hydroxyl groups is 1. The fraction of sp³-hybridized carbons (Fsp3) is 0.200. The number of aromatic nitrogens is 2. The van der Waals surface area contributed by atoms with Crippen molar-refractivity contribution < 1.29 is 19.1 Å². The van der Waals surface area contributed by atoms with Gasteiger partial charge in [-0.25, -0.2) is 9.37 Å². The summed E-state index contributed by atoms with van der Waals surface area (Å²) in [5.74, 6) is -2.38. The molecule has 0 bridgehead atoms. The maximum atomic E-state index is 12.8. The number of benzene rings is 1. The minimum Gasteiger partial charge on any atom is -0.501 e. The number of amides is 2. The minimum atomic E-state index is -0.799. The summed E-state index contributed by atoms with van der Waals surface area (Å²) in [4.78, 5) is 39.5. The zero-order chi connectivity index (χ0) is 17.3. The quantitative estimate of drug-likeness (QED) is 0.751. The molecular weight excluding hydrogens is 319 g/mol. The number of anilines is 1. The van der Waals surface area contributed by atoms with E-state index < -0.39 is 28.7 Å². The number of nitrogens with zero attached hydrogens (tertiary/aromatic N) is 2. The van der Waals surface area contributed by atoms with Gasteiger partial charge in [-0.1, -0.05) is 12.1 Å². The average molecular weight is 332 g/mol. The Hall–Kier alpha value is -3.23. The number of fused-ring (bicyclic) bond motifs is 1. The maximum absolute atomic E-state index is 12.8. The molecule has 0 radical (unpaired) electrons. The van der Waals surface area contributed by atoms with Gasteiger partial charge in [0.1, 0.15) is 5.82 Å². The fourth-order valence-electron chi connectivity index (χ4n) is 2.27. The second-order valence-electron chi connectivity index (χ2n) is 5.20. The van der Waals surface area contributed by atoms with Gasteiger partial charge >= 0.3 is 0 Å². The summed E-state index contributed by atoms with van der Waals surface area (Å²) in [5, 5.41) is 14.8. The second kappa shape index (κ2) is 6.11. The van der Waals surface area contributed by atoms with Crippen LogP contribution in [0.5, 0.6) is 5.75 Å². The van der Waals surface area contributed by atoms with E-state index in [1.165, 1.54) is 24.3 Å². The van der Waals surface area contributed by atoms with E-state index in [0.717, 1.165) is 4.57 Å². The van der Waals surface area contributed by atoms with Gasteiger partial charge in [-0.15, -0.1) is 0 Å². The lowest BCUT2D eigenvalue weighted by molar-refractivity contribution is -0.116. The molecule has 9 heteroatoms. The third-order valence-corrected chi connectivity index (χ3v) is 3.54. The predicted molar refractivity (Wildman–Crippen MR) is 81.0 cm³/mol. The summed E-state index contributed by atoms with van der Waals surface area (Å²) in [6, 6.07) is 5.48. The lowest BCUT2D eigenvalue weighted by Crippen LogP contribution is -2.35. The van der Waals surface area contributed by atoms with E-state index in [2.05, 4.69) is 15.6 Å². The van der Waals surface area contributed by atoms with Crippen LogP contribution in [0.1, 0.15) is 22.5 Å². The van der Waals surface area contributed by atoms with Crippen molar-refractivity contribution >= 4 is 17.8 Å². The van der Waals surface area contributed by atoms with Crippen LogP contribution < -0.4 is 16.2 Å². The lowest BCUT2D eigenvalue weighted by atomic mass is 10.2. The van der Waals surface area contributed by atoms with Gasteiger partial charge in [-0.05, 0) is 17.7 Å². The van der Waals surface area contributed by atoms with Crippen LogP contribution in [-0.4, -0.2) is 26.5 Å². The largest absolute Gasteiger partial charge is 0.501 e. The number of hydrogen-bond acceptors (Lipinski definition) is 5. The summed E-state index contributed by atoms with van der Waals surface area (Å²) in [6.45, 7) is 0.142. The molecule has 0 saturated carbocycles. The van der Waals surface area contributed by atoms with Crippen molar-refractivity contribution in [2.45, 2.75) is 19.5 Å². The molecule has 1 aromatic carbocycles. The Balaban J connectivity index is 1.83. The molecule has 1 aliphatic rings. The fourth-order valence-corrected chi connectivity index (χ4v) is 2.27. The summed E-state index contributed by atoms with van der Waals surface area (Å²) >= 11 is 0. The molecule has 3 N–H and O–H groups in total. The first-order chi connectivity index (χ1) is 11.5. The zero-order valence-electron chi connectivity index (χ0n) is 12.4. The van der Waals surface area contributed by atoms with Crippen molar-refractivity contribution in [1.29, 1.82) is 0 Å². The summed E-state index contributed by atoms with van der Waals surface area (Å²) < 4.78 is 13.9. The number of carbonyl (C=O) groups is 2. The van der Waals surface area contributed by atoms with Crippen LogP contribution in [0.2, 0.25) is 0 Å². The molecule has 0 spiro atoms. The van der Waals surface area contributed by atoms with E-state index in [4.69, 9.17) is 0 Å². The normalized spacial score (nSPS) is 13.1. The number of carbonyl (C=O) groups excluding carboxylic acids is 2. The Morgan fingerprint density at radius 3 is 2.75 bits per heavy atom. The number of halogens is 1. The Morgan fingerprint density at radius 1 is 1.33 bits per heavy atom. The summed E-state index contributed by atoms with van der Waals surface area (Å²) in [6.07, 6.45) is 0.0874. The molecule has 1 aliphatic heterocycles. The smallest absolute Gasteiger partial charge is 0.297 e. The van der Waals surface area contributed by atoms with E-state index in [9.17, 15) is 23.9 Å². The van der Waals surface area contributed by atoms with Gasteiger partial charge in [0.15, 0.2) is 5.69 Å². The third kappa shape index (κ3) is 2.96. The van der Waals surface area contributed by atoms with E-state index in [1.807, 2.05) is 0 Å². The molecule has 0 fully saturated rings. The average Bonchev–Trinajstić information content (AvgIpc) is 2.57. The van der Waals surface area contributed by atoms with Crippen molar-refractivity contribution in [3.8, 4) is 5.75 Å². The van der Waals surface area contributed by atoms with E-state index in [0.29, 0.717) is 5.56 Å². The molecule has 2 heterocycles. The van der Waals surface area contributed by atoms with Crippen molar-refractivity contribution in [2.24, 2.45) is 0 Å². The Morgan fingerprint density at radius 2 is 2.04 bits per heavy atom. The highest BCUT2D eigenvalue weighted by Crippen LogP contribution is 2.16. The molecule has 24 heavy (non-hydrogen) atoms.